The molecule has 0 bridgehead atoms. The van der Waals surface area contributed by atoms with Crippen molar-refractivity contribution < 1.29 is 9.18 Å². The molecular formula is C19H22FN3O. The number of hydrogen-bond acceptors (Lipinski definition) is 3. The maximum atomic E-state index is 13.0. The van der Waals surface area contributed by atoms with Crippen LogP contribution in [0.25, 0.3) is 11.4 Å². The van der Waals surface area contributed by atoms with Crippen molar-refractivity contribution in [1.29, 1.82) is 0 Å². The molecule has 2 aromatic rings. The number of halogens is 1. The minimum atomic E-state index is -0.273. The molecule has 0 N–H and O–H groups in total. The molecule has 0 unspecified atom stereocenters. The van der Waals surface area contributed by atoms with Gasteiger partial charge in [-0.25, -0.2) is 14.4 Å². The molecule has 0 spiro atoms. The molecule has 1 aliphatic heterocycles. The molecule has 126 valence electrons. The van der Waals surface area contributed by atoms with Gasteiger partial charge in [-0.2, -0.15) is 0 Å². The molecule has 0 atom stereocenters. The Hall–Kier alpha value is -2.30. The van der Waals surface area contributed by atoms with Gasteiger partial charge in [0.15, 0.2) is 5.82 Å². The van der Waals surface area contributed by atoms with Crippen LogP contribution in [0.3, 0.4) is 0 Å². The molecule has 24 heavy (non-hydrogen) atoms. The van der Waals surface area contributed by atoms with Crippen LogP contribution in [-0.4, -0.2) is 27.3 Å². The first-order chi connectivity index (χ1) is 11.3. The van der Waals surface area contributed by atoms with Crippen molar-refractivity contribution in [2.45, 2.75) is 40.2 Å². The van der Waals surface area contributed by atoms with Crippen LogP contribution in [0, 0.1) is 11.2 Å². The summed E-state index contributed by atoms with van der Waals surface area (Å²) in [5.41, 5.74) is 2.75. The summed E-state index contributed by atoms with van der Waals surface area (Å²) in [4.78, 5) is 23.3. The quantitative estimate of drug-likeness (QED) is 0.846. The summed E-state index contributed by atoms with van der Waals surface area (Å²) in [6, 6.07) is 6.17. The Morgan fingerprint density at radius 2 is 1.96 bits per heavy atom. The van der Waals surface area contributed by atoms with E-state index in [1.807, 2.05) is 4.90 Å². The first-order valence-electron chi connectivity index (χ1n) is 8.20. The topological polar surface area (TPSA) is 46.1 Å². The first kappa shape index (κ1) is 16.6. The molecule has 2 heterocycles. The average Bonchev–Trinajstić information content (AvgIpc) is 2.53. The van der Waals surface area contributed by atoms with Crippen LogP contribution >= 0.6 is 0 Å². The molecule has 5 heteroatoms. The second-order valence-corrected chi connectivity index (χ2v) is 7.48. The average molecular weight is 327 g/mol. The van der Waals surface area contributed by atoms with Gasteiger partial charge < -0.3 is 4.90 Å². The molecule has 0 radical (unpaired) electrons. The number of carbonyl (C=O) groups excluding carboxylic acids is 1. The van der Waals surface area contributed by atoms with Crippen LogP contribution in [0.1, 0.15) is 38.4 Å². The Labute approximate surface area is 141 Å². The number of fused-ring (bicyclic) bond motifs is 1. The van der Waals surface area contributed by atoms with Crippen LogP contribution in [0.5, 0.6) is 0 Å². The van der Waals surface area contributed by atoms with Crippen molar-refractivity contribution in [1.82, 2.24) is 14.9 Å². The van der Waals surface area contributed by atoms with Gasteiger partial charge in [0.1, 0.15) is 5.82 Å². The van der Waals surface area contributed by atoms with Gasteiger partial charge in [-0.15, -0.1) is 0 Å². The lowest BCUT2D eigenvalue weighted by molar-refractivity contribution is -0.134. The number of amides is 1. The molecule has 3 rings (SSSR count). The fraction of sp³-hybridized carbons (Fsp3) is 0.421. The van der Waals surface area contributed by atoms with E-state index in [0.29, 0.717) is 25.3 Å². The molecule has 1 aliphatic rings. The second-order valence-electron chi connectivity index (χ2n) is 7.48. The molecule has 0 aliphatic carbocycles. The molecule has 1 amide bonds. The van der Waals surface area contributed by atoms with E-state index in [0.717, 1.165) is 23.2 Å². The summed E-state index contributed by atoms with van der Waals surface area (Å²) in [6.07, 6.45) is 3.05. The Morgan fingerprint density at radius 1 is 1.25 bits per heavy atom. The van der Waals surface area contributed by atoms with E-state index < -0.39 is 0 Å². The standard InChI is InChI=1S/C19H22FN3O/c1-19(2,3)10-17(24)23-9-8-16-14(12-23)11-21-18(22-16)13-4-6-15(20)7-5-13/h4-7,11H,8-10,12H2,1-3H3. The van der Waals surface area contributed by atoms with Crippen LogP contribution < -0.4 is 0 Å². The van der Waals surface area contributed by atoms with Crippen molar-refractivity contribution >= 4 is 5.91 Å². The van der Waals surface area contributed by atoms with Crippen LogP contribution in [-0.2, 0) is 17.8 Å². The van der Waals surface area contributed by atoms with Crippen LogP contribution in [0.4, 0.5) is 4.39 Å². The number of nitrogens with zero attached hydrogens (tertiary/aromatic N) is 3. The highest BCUT2D eigenvalue weighted by Crippen LogP contribution is 2.24. The molecule has 0 saturated carbocycles. The van der Waals surface area contributed by atoms with E-state index in [4.69, 9.17) is 0 Å². The highest BCUT2D eigenvalue weighted by Gasteiger charge is 2.25. The molecule has 4 nitrogen and oxygen atoms in total. The van der Waals surface area contributed by atoms with E-state index in [1.54, 1.807) is 18.3 Å². The SMILES string of the molecule is CC(C)(C)CC(=O)N1CCc2nc(-c3ccc(F)cc3)ncc2C1. The predicted octanol–water partition coefficient (Wildman–Crippen LogP) is 3.60. The van der Waals surface area contributed by atoms with Gasteiger partial charge in [0, 0.05) is 43.3 Å². The van der Waals surface area contributed by atoms with Crippen LogP contribution in [0.15, 0.2) is 30.5 Å². The van der Waals surface area contributed by atoms with Gasteiger partial charge in [-0.05, 0) is 29.7 Å². The van der Waals surface area contributed by atoms with Gasteiger partial charge in [-0.3, -0.25) is 4.79 Å². The largest absolute Gasteiger partial charge is 0.338 e. The van der Waals surface area contributed by atoms with Gasteiger partial charge in [0.2, 0.25) is 5.91 Å². The van der Waals surface area contributed by atoms with Gasteiger partial charge >= 0.3 is 0 Å². The van der Waals surface area contributed by atoms with Gasteiger partial charge in [-0.1, -0.05) is 20.8 Å². The van der Waals surface area contributed by atoms with E-state index in [-0.39, 0.29) is 17.1 Å². The van der Waals surface area contributed by atoms with Crippen molar-refractivity contribution in [3.05, 3.63) is 47.5 Å². The Morgan fingerprint density at radius 3 is 2.62 bits per heavy atom. The van der Waals surface area contributed by atoms with Gasteiger partial charge in [0.25, 0.3) is 0 Å². The van der Waals surface area contributed by atoms with Crippen LogP contribution in [0.2, 0.25) is 0 Å². The van der Waals surface area contributed by atoms with E-state index in [9.17, 15) is 9.18 Å². The third kappa shape index (κ3) is 3.78. The number of aromatic nitrogens is 2. The predicted molar refractivity (Wildman–Crippen MR) is 90.6 cm³/mol. The maximum absolute atomic E-state index is 13.0. The van der Waals surface area contributed by atoms with Crippen molar-refractivity contribution in [2.75, 3.05) is 6.54 Å². The lowest BCUT2D eigenvalue weighted by Gasteiger charge is -2.30. The first-order valence-corrected chi connectivity index (χ1v) is 8.20. The Bertz CT molecular complexity index is 750. The molecule has 0 fully saturated rings. The zero-order valence-corrected chi connectivity index (χ0v) is 14.3. The van der Waals surface area contributed by atoms with E-state index >= 15 is 0 Å². The van der Waals surface area contributed by atoms with E-state index in [2.05, 4.69) is 30.7 Å². The summed E-state index contributed by atoms with van der Waals surface area (Å²) in [5, 5.41) is 0. The highest BCUT2D eigenvalue weighted by molar-refractivity contribution is 5.77. The molecular weight excluding hydrogens is 305 g/mol. The number of carbonyl (C=O) groups is 1. The summed E-state index contributed by atoms with van der Waals surface area (Å²) in [6.45, 7) is 7.46. The fourth-order valence-corrected chi connectivity index (χ4v) is 2.83. The number of hydrogen-bond donors (Lipinski definition) is 0. The fourth-order valence-electron chi connectivity index (χ4n) is 2.83. The highest BCUT2D eigenvalue weighted by atomic mass is 19.1. The second kappa shape index (κ2) is 6.30. The monoisotopic (exact) mass is 327 g/mol. The molecule has 1 aromatic carbocycles. The summed E-state index contributed by atoms with van der Waals surface area (Å²) < 4.78 is 13.0. The molecule has 1 aromatic heterocycles. The third-order valence-corrected chi connectivity index (χ3v) is 4.07. The Kier molecular flexibility index (Phi) is 4.35. The lowest BCUT2D eigenvalue weighted by atomic mass is 9.91. The zero-order chi connectivity index (χ0) is 17.3. The van der Waals surface area contributed by atoms with Crippen molar-refractivity contribution in [3.8, 4) is 11.4 Å². The van der Waals surface area contributed by atoms with E-state index in [1.165, 1.54) is 12.1 Å². The third-order valence-electron chi connectivity index (χ3n) is 4.07. The van der Waals surface area contributed by atoms with Crippen molar-refractivity contribution in [3.63, 3.8) is 0 Å². The smallest absolute Gasteiger partial charge is 0.223 e. The zero-order valence-electron chi connectivity index (χ0n) is 14.3. The van der Waals surface area contributed by atoms with Gasteiger partial charge in [0.05, 0.1) is 5.69 Å². The normalized spacial score (nSPS) is 14.4. The summed E-state index contributed by atoms with van der Waals surface area (Å²) >= 11 is 0. The maximum Gasteiger partial charge on any atom is 0.223 e. The summed E-state index contributed by atoms with van der Waals surface area (Å²) in [7, 11) is 0. The van der Waals surface area contributed by atoms with Crippen molar-refractivity contribution in [2.24, 2.45) is 5.41 Å². The summed E-state index contributed by atoms with van der Waals surface area (Å²) in [5.74, 6) is 0.503. The minimum absolute atomic E-state index is 0.0136. The molecule has 0 saturated heterocycles. The minimum Gasteiger partial charge on any atom is -0.338 e. The number of rotatable bonds is 2. The Balaban J connectivity index is 1.77. The number of benzene rings is 1. The lowest BCUT2D eigenvalue weighted by Crippen LogP contribution is -2.38.